The van der Waals surface area contributed by atoms with Crippen LogP contribution >= 0.6 is 0 Å². The van der Waals surface area contributed by atoms with Crippen LogP contribution in [0, 0.1) is 0 Å². The van der Waals surface area contributed by atoms with Gasteiger partial charge in [0.1, 0.15) is 0 Å². The minimum atomic E-state index is -3.51. The van der Waals surface area contributed by atoms with Gasteiger partial charge in [-0.1, -0.05) is 18.2 Å². The molecule has 0 radical (unpaired) electrons. The van der Waals surface area contributed by atoms with Gasteiger partial charge in [-0.3, -0.25) is 0 Å². The van der Waals surface area contributed by atoms with Gasteiger partial charge < -0.3 is 5.11 Å². The number of aliphatic hydroxyl groups is 1. The molecule has 1 saturated heterocycles. The molecule has 0 amide bonds. The van der Waals surface area contributed by atoms with E-state index in [-0.39, 0.29) is 4.90 Å². The molecule has 0 aromatic heterocycles. The molecule has 0 saturated carbocycles. The van der Waals surface area contributed by atoms with Crippen molar-refractivity contribution in [3.8, 4) is 0 Å². The van der Waals surface area contributed by atoms with Crippen LogP contribution in [0.15, 0.2) is 35.2 Å². The summed E-state index contributed by atoms with van der Waals surface area (Å²) < 4.78 is 26.2. The lowest BCUT2D eigenvalue weighted by molar-refractivity contribution is 0.0901. The first-order chi connectivity index (χ1) is 7.87. The Bertz CT molecular complexity index is 496. The van der Waals surface area contributed by atoms with Crippen LogP contribution in [-0.2, 0) is 10.0 Å². The Balaban J connectivity index is 2.42. The van der Waals surface area contributed by atoms with E-state index < -0.39 is 21.7 Å². The third-order valence-corrected chi connectivity index (χ3v) is 5.50. The van der Waals surface area contributed by atoms with Gasteiger partial charge in [-0.2, -0.15) is 4.31 Å². The first-order valence-electron chi connectivity index (χ1n) is 5.63. The number of nitrogens with zero attached hydrogens (tertiary/aromatic N) is 1. The number of benzene rings is 1. The van der Waals surface area contributed by atoms with Crippen molar-refractivity contribution in [1.29, 1.82) is 0 Å². The fourth-order valence-corrected chi connectivity index (χ4v) is 4.04. The van der Waals surface area contributed by atoms with Crippen LogP contribution in [0.5, 0.6) is 0 Å². The van der Waals surface area contributed by atoms with Crippen molar-refractivity contribution in [2.45, 2.75) is 36.8 Å². The highest BCUT2D eigenvalue weighted by Gasteiger charge is 2.46. The van der Waals surface area contributed by atoms with Gasteiger partial charge in [-0.15, -0.1) is 0 Å². The van der Waals surface area contributed by atoms with E-state index in [1.165, 1.54) is 4.31 Å². The Morgan fingerprint density at radius 3 is 2.35 bits per heavy atom. The normalized spacial score (nSPS) is 25.0. The molecule has 1 aliphatic rings. The second kappa shape index (κ2) is 4.08. The molecule has 1 N–H and O–H groups in total. The quantitative estimate of drug-likeness (QED) is 0.864. The number of hydrogen-bond acceptors (Lipinski definition) is 3. The van der Waals surface area contributed by atoms with E-state index in [4.69, 9.17) is 0 Å². The summed E-state index contributed by atoms with van der Waals surface area (Å²) in [5, 5.41) is 9.83. The number of hydrogen-bond donors (Lipinski definition) is 1. The predicted octanol–water partition coefficient (Wildman–Crippen LogP) is 1.22. The Morgan fingerprint density at radius 1 is 1.29 bits per heavy atom. The van der Waals surface area contributed by atoms with Crippen molar-refractivity contribution in [3.05, 3.63) is 30.3 Å². The van der Waals surface area contributed by atoms with Crippen molar-refractivity contribution in [3.63, 3.8) is 0 Å². The third kappa shape index (κ3) is 1.99. The molecule has 1 aromatic carbocycles. The number of aliphatic hydroxyl groups excluding tert-OH is 1. The van der Waals surface area contributed by atoms with E-state index in [2.05, 4.69) is 0 Å². The van der Waals surface area contributed by atoms with E-state index in [1.807, 2.05) is 0 Å². The minimum absolute atomic E-state index is 0.280. The Morgan fingerprint density at radius 2 is 1.88 bits per heavy atom. The standard InChI is InChI=1S/C12H17NO3S/c1-12(2)11(14)8-9-13(12)17(15,16)10-6-4-3-5-7-10/h3-7,11,14H,8-9H2,1-2H3. The van der Waals surface area contributed by atoms with Crippen LogP contribution < -0.4 is 0 Å². The molecule has 0 spiro atoms. The summed E-state index contributed by atoms with van der Waals surface area (Å²) in [6, 6.07) is 8.34. The van der Waals surface area contributed by atoms with E-state index in [0.717, 1.165) is 0 Å². The van der Waals surface area contributed by atoms with E-state index in [9.17, 15) is 13.5 Å². The van der Waals surface area contributed by atoms with Gasteiger partial charge in [0.05, 0.1) is 16.5 Å². The Hall–Kier alpha value is -0.910. The summed E-state index contributed by atoms with van der Waals surface area (Å²) in [4.78, 5) is 0.280. The van der Waals surface area contributed by atoms with Gasteiger partial charge in [0.2, 0.25) is 10.0 Å². The van der Waals surface area contributed by atoms with Crippen molar-refractivity contribution in [2.24, 2.45) is 0 Å². The van der Waals surface area contributed by atoms with E-state index >= 15 is 0 Å². The molecule has 1 unspecified atom stereocenters. The monoisotopic (exact) mass is 255 g/mol. The first kappa shape index (κ1) is 12.5. The average molecular weight is 255 g/mol. The highest BCUT2D eigenvalue weighted by Crippen LogP contribution is 2.34. The van der Waals surface area contributed by atoms with Gasteiger partial charge in [-0.25, -0.2) is 8.42 Å². The zero-order valence-corrected chi connectivity index (χ0v) is 10.8. The lowest BCUT2D eigenvalue weighted by Gasteiger charge is -2.32. The molecule has 1 heterocycles. The fraction of sp³-hybridized carbons (Fsp3) is 0.500. The maximum atomic E-state index is 12.4. The second-order valence-electron chi connectivity index (χ2n) is 4.85. The fourth-order valence-electron chi connectivity index (χ4n) is 2.20. The Labute approximate surface area is 102 Å². The van der Waals surface area contributed by atoms with Crippen LogP contribution in [0.25, 0.3) is 0 Å². The second-order valence-corrected chi connectivity index (χ2v) is 6.71. The summed E-state index contributed by atoms with van der Waals surface area (Å²) >= 11 is 0. The summed E-state index contributed by atoms with van der Waals surface area (Å²) in [7, 11) is -3.51. The zero-order chi connectivity index (χ0) is 12.7. The molecular weight excluding hydrogens is 238 g/mol. The van der Waals surface area contributed by atoms with Crippen LogP contribution in [0.2, 0.25) is 0 Å². The molecule has 94 valence electrons. The Kier molecular flexibility index (Phi) is 3.01. The number of rotatable bonds is 2. The minimum Gasteiger partial charge on any atom is -0.391 e. The van der Waals surface area contributed by atoms with E-state index in [0.29, 0.717) is 13.0 Å². The van der Waals surface area contributed by atoms with Crippen LogP contribution in [-0.4, -0.2) is 36.0 Å². The van der Waals surface area contributed by atoms with E-state index in [1.54, 1.807) is 44.2 Å². The molecule has 1 atom stereocenters. The molecule has 1 aromatic rings. The summed E-state index contributed by atoms with van der Waals surface area (Å²) in [5.74, 6) is 0. The van der Waals surface area contributed by atoms with Crippen LogP contribution in [0.1, 0.15) is 20.3 Å². The maximum Gasteiger partial charge on any atom is 0.243 e. The van der Waals surface area contributed by atoms with Gasteiger partial charge >= 0.3 is 0 Å². The molecule has 2 rings (SSSR count). The molecule has 1 fully saturated rings. The largest absolute Gasteiger partial charge is 0.391 e. The average Bonchev–Trinajstić information content (AvgIpc) is 2.55. The van der Waals surface area contributed by atoms with Crippen molar-refractivity contribution < 1.29 is 13.5 Å². The van der Waals surface area contributed by atoms with Gasteiger partial charge in [0.15, 0.2) is 0 Å². The molecule has 0 bridgehead atoms. The lowest BCUT2D eigenvalue weighted by Crippen LogP contribution is -2.47. The van der Waals surface area contributed by atoms with Crippen molar-refractivity contribution >= 4 is 10.0 Å². The zero-order valence-electron chi connectivity index (χ0n) is 10.00. The summed E-state index contributed by atoms with van der Waals surface area (Å²) in [5.41, 5.74) is -0.741. The third-order valence-electron chi connectivity index (χ3n) is 3.40. The maximum absolute atomic E-state index is 12.4. The van der Waals surface area contributed by atoms with Gasteiger partial charge in [0, 0.05) is 6.54 Å². The lowest BCUT2D eigenvalue weighted by atomic mass is 10.0. The molecule has 17 heavy (non-hydrogen) atoms. The van der Waals surface area contributed by atoms with Gasteiger partial charge in [0.25, 0.3) is 0 Å². The molecular formula is C12H17NO3S. The van der Waals surface area contributed by atoms with Crippen molar-refractivity contribution in [1.82, 2.24) is 4.31 Å². The summed E-state index contributed by atoms with van der Waals surface area (Å²) in [6.07, 6.45) is -0.125. The molecule has 5 heteroatoms. The summed E-state index contributed by atoms with van der Waals surface area (Å²) in [6.45, 7) is 3.88. The molecule has 0 aliphatic carbocycles. The highest BCUT2D eigenvalue weighted by molar-refractivity contribution is 7.89. The smallest absolute Gasteiger partial charge is 0.243 e. The SMILES string of the molecule is CC1(C)C(O)CCN1S(=O)(=O)c1ccccc1. The number of sulfonamides is 1. The first-order valence-corrected chi connectivity index (χ1v) is 7.07. The van der Waals surface area contributed by atoms with Crippen LogP contribution in [0.4, 0.5) is 0 Å². The topological polar surface area (TPSA) is 57.6 Å². The van der Waals surface area contributed by atoms with Gasteiger partial charge in [-0.05, 0) is 32.4 Å². The highest BCUT2D eigenvalue weighted by atomic mass is 32.2. The molecule has 4 nitrogen and oxygen atoms in total. The van der Waals surface area contributed by atoms with Crippen LogP contribution in [0.3, 0.4) is 0 Å². The predicted molar refractivity (Wildman–Crippen MR) is 65.0 cm³/mol. The molecule has 1 aliphatic heterocycles. The van der Waals surface area contributed by atoms with Crippen molar-refractivity contribution in [2.75, 3.05) is 6.54 Å².